The van der Waals surface area contributed by atoms with Gasteiger partial charge < -0.3 is 16.6 Å². The molecule has 0 heterocycles. The van der Waals surface area contributed by atoms with Crippen molar-refractivity contribution in [2.75, 3.05) is 5.73 Å². The van der Waals surface area contributed by atoms with Crippen molar-refractivity contribution >= 4 is 31.0 Å². The van der Waals surface area contributed by atoms with Gasteiger partial charge in [0.05, 0.1) is 5.69 Å². The van der Waals surface area contributed by atoms with E-state index in [9.17, 15) is 9.18 Å². The number of aliphatic carboxylic acids is 1. The molecule has 4 nitrogen and oxygen atoms in total. The molecule has 0 saturated heterocycles. The van der Waals surface area contributed by atoms with Gasteiger partial charge in [-0.3, -0.25) is 0 Å². The summed E-state index contributed by atoms with van der Waals surface area (Å²) in [4.78, 5) is 10.4. The van der Waals surface area contributed by atoms with Gasteiger partial charge in [-0.05, 0) is 12.1 Å². The average molecular weight is 206 g/mol. The Balaban J connectivity index is 3.26. The van der Waals surface area contributed by atoms with E-state index in [2.05, 4.69) is 0 Å². The average Bonchev–Trinajstić information content (AvgIpc) is 2.13. The van der Waals surface area contributed by atoms with Crippen LogP contribution >= 0.6 is 0 Å². The minimum atomic E-state index is -1.31. The third-order valence-corrected chi connectivity index (χ3v) is 1.74. The summed E-state index contributed by atoms with van der Waals surface area (Å²) in [6.45, 7) is 0. The van der Waals surface area contributed by atoms with Crippen LogP contribution in [0.1, 0.15) is 5.56 Å². The molecule has 0 aliphatic carbocycles. The van der Waals surface area contributed by atoms with Crippen LogP contribution in [-0.4, -0.2) is 18.9 Å². The second kappa shape index (κ2) is 4.04. The number of carboxylic acid groups (broad SMARTS) is 1. The SMILES string of the molecule is [B]c1cc(F)c(N)c(/C=C(\N)C(=O)O)c1. The molecular weight excluding hydrogens is 198 g/mol. The number of halogens is 1. The Morgan fingerprint density at radius 2 is 2.13 bits per heavy atom. The van der Waals surface area contributed by atoms with Crippen LogP contribution in [0, 0.1) is 5.82 Å². The van der Waals surface area contributed by atoms with E-state index in [0.717, 1.165) is 12.1 Å². The van der Waals surface area contributed by atoms with Crippen LogP contribution in [0.15, 0.2) is 17.8 Å². The van der Waals surface area contributed by atoms with E-state index < -0.39 is 17.5 Å². The van der Waals surface area contributed by atoms with Crippen molar-refractivity contribution in [1.29, 1.82) is 0 Å². The highest BCUT2D eigenvalue weighted by atomic mass is 19.1. The lowest BCUT2D eigenvalue weighted by Crippen LogP contribution is -2.12. The van der Waals surface area contributed by atoms with E-state index in [1.165, 1.54) is 6.07 Å². The summed E-state index contributed by atoms with van der Waals surface area (Å²) < 4.78 is 13.1. The van der Waals surface area contributed by atoms with Gasteiger partial charge in [-0.2, -0.15) is 0 Å². The van der Waals surface area contributed by atoms with Gasteiger partial charge in [-0.25, -0.2) is 9.18 Å². The van der Waals surface area contributed by atoms with Crippen LogP contribution in [0.2, 0.25) is 0 Å². The molecule has 0 spiro atoms. The molecule has 1 aromatic rings. The lowest BCUT2D eigenvalue weighted by Gasteiger charge is -2.04. The Labute approximate surface area is 86.8 Å². The van der Waals surface area contributed by atoms with Crippen molar-refractivity contribution in [3.8, 4) is 0 Å². The number of nitrogens with two attached hydrogens (primary N) is 2. The summed E-state index contributed by atoms with van der Waals surface area (Å²) in [5, 5.41) is 8.51. The first-order valence-electron chi connectivity index (χ1n) is 3.96. The van der Waals surface area contributed by atoms with Gasteiger partial charge in [-0.1, -0.05) is 11.5 Å². The van der Waals surface area contributed by atoms with E-state index >= 15 is 0 Å². The summed E-state index contributed by atoms with van der Waals surface area (Å²) in [6, 6.07) is 2.39. The summed E-state index contributed by atoms with van der Waals surface area (Å²) in [7, 11) is 5.37. The maximum Gasteiger partial charge on any atom is 0.351 e. The second-order valence-corrected chi connectivity index (χ2v) is 2.91. The first-order valence-corrected chi connectivity index (χ1v) is 3.96. The Morgan fingerprint density at radius 3 is 2.67 bits per heavy atom. The highest BCUT2D eigenvalue weighted by Gasteiger charge is 2.07. The van der Waals surface area contributed by atoms with Crippen molar-refractivity contribution in [1.82, 2.24) is 0 Å². The number of rotatable bonds is 2. The molecule has 0 aromatic heterocycles. The molecule has 0 fully saturated rings. The van der Waals surface area contributed by atoms with Gasteiger partial charge in [-0.15, -0.1) is 0 Å². The maximum atomic E-state index is 13.1. The molecule has 1 rings (SSSR count). The molecular formula is C9H8BFN2O2. The van der Waals surface area contributed by atoms with Crippen molar-refractivity contribution in [3.63, 3.8) is 0 Å². The third kappa shape index (κ3) is 2.49. The van der Waals surface area contributed by atoms with Gasteiger partial charge >= 0.3 is 5.97 Å². The van der Waals surface area contributed by atoms with Gasteiger partial charge in [0, 0.05) is 5.56 Å². The minimum absolute atomic E-state index is 0.145. The Kier molecular flexibility index (Phi) is 2.99. The van der Waals surface area contributed by atoms with Crippen molar-refractivity contribution in [3.05, 3.63) is 29.2 Å². The van der Waals surface area contributed by atoms with E-state index in [-0.39, 0.29) is 16.7 Å². The molecule has 15 heavy (non-hydrogen) atoms. The molecule has 6 heteroatoms. The smallest absolute Gasteiger partial charge is 0.351 e. The lowest BCUT2D eigenvalue weighted by molar-refractivity contribution is -0.132. The molecule has 2 radical (unpaired) electrons. The zero-order valence-corrected chi connectivity index (χ0v) is 7.70. The van der Waals surface area contributed by atoms with Gasteiger partial charge in [0.1, 0.15) is 19.4 Å². The van der Waals surface area contributed by atoms with Crippen LogP contribution < -0.4 is 16.9 Å². The Morgan fingerprint density at radius 1 is 1.53 bits per heavy atom. The van der Waals surface area contributed by atoms with E-state index in [0.29, 0.717) is 0 Å². The fraction of sp³-hybridized carbons (Fsp3) is 0. The van der Waals surface area contributed by atoms with Crippen LogP contribution in [0.25, 0.3) is 6.08 Å². The summed E-state index contributed by atoms with van der Waals surface area (Å²) >= 11 is 0. The quantitative estimate of drug-likeness (QED) is 0.348. The molecule has 0 aliphatic rings. The lowest BCUT2D eigenvalue weighted by atomic mass is 9.93. The summed E-state index contributed by atoms with van der Waals surface area (Å²) in [5.74, 6) is -2.02. The van der Waals surface area contributed by atoms with Crippen LogP contribution in [0.4, 0.5) is 10.1 Å². The molecule has 0 amide bonds. The van der Waals surface area contributed by atoms with Crippen molar-refractivity contribution in [2.45, 2.75) is 0 Å². The third-order valence-electron chi connectivity index (χ3n) is 1.74. The predicted octanol–water partition coefficient (Wildman–Crippen LogP) is -0.414. The second-order valence-electron chi connectivity index (χ2n) is 2.91. The molecule has 0 unspecified atom stereocenters. The highest BCUT2D eigenvalue weighted by molar-refractivity contribution is 6.32. The molecule has 76 valence electrons. The normalized spacial score (nSPS) is 11.4. The number of carbonyl (C=O) groups is 1. The first-order chi connectivity index (χ1) is 6.91. The topological polar surface area (TPSA) is 89.3 Å². The largest absolute Gasteiger partial charge is 0.477 e. The Hall–Kier alpha value is -1.98. The number of benzene rings is 1. The van der Waals surface area contributed by atoms with Gasteiger partial charge in [0.25, 0.3) is 0 Å². The van der Waals surface area contributed by atoms with Crippen LogP contribution in [0.5, 0.6) is 0 Å². The Bertz CT molecular complexity index is 446. The van der Waals surface area contributed by atoms with E-state index in [4.69, 9.17) is 24.4 Å². The van der Waals surface area contributed by atoms with Gasteiger partial charge in [0.15, 0.2) is 0 Å². The van der Waals surface area contributed by atoms with Crippen molar-refractivity contribution in [2.24, 2.45) is 5.73 Å². The monoisotopic (exact) mass is 206 g/mol. The summed E-state index contributed by atoms with van der Waals surface area (Å²) in [6.07, 6.45) is 1.05. The molecule has 1 aromatic carbocycles. The maximum absolute atomic E-state index is 13.1. The number of hydrogen-bond acceptors (Lipinski definition) is 3. The fourth-order valence-electron chi connectivity index (χ4n) is 1.01. The molecule has 5 N–H and O–H groups in total. The molecule has 0 aliphatic heterocycles. The minimum Gasteiger partial charge on any atom is -0.477 e. The van der Waals surface area contributed by atoms with E-state index in [1.54, 1.807) is 0 Å². The summed E-state index contributed by atoms with van der Waals surface area (Å²) in [5.41, 5.74) is 10.2. The number of nitrogen functional groups attached to an aromatic ring is 1. The van der Waals surface area contributed by atoms with Crippen molar-refractivity contribution < 1.29 is 14.3 Å². The molecule has 0 bridgehead atoms. The zero-order valence-electron chi connectivity index (χ0n) is 7.70. The standard InChI is InChI=1S/C9H8BFN2O2/c10-5-1-4(2-7(12)9(14)15)8(13)6(11)3-5/h1-3H,12-13H2,(H,14,15)/b7-2-. The number of anilines is 1. The van der Waals surface area contributed by atoms with E-state index in [1.807, 2.05) is 0 Å². The van der Waals surface area contributed by atoms with Gasteiger partial charge in [0.2, 0.25) is 0 Å². The number of carboxylic acids is 1. The first kappa shape index (κ1) is 11.1. The fourth-order valence-corrected chi connectivity index (χ4v) is 1.01. The molecule has 0 atom stereocenters. The zero-order chi connectivity index (χ0) is 11.6. The molecule has 0 saturated carbocycles. The number of hydrogen-bond donors (Lipinski definition) is 3. The van der Waals surface area contributed by atoms with Crippen LogP contribution in [0.3, 0.4) is 0 Å². The van der Waals surface area contributed by atoms with Crippen LogP contribution in [-0.2, 0) is 4.79 Å². The highest BCUT2D eigenvalue weighted by Crippen LogP contribution is 2.16. The predicted molar refractivity (Wildman–Crippen MR) is 56.0 cm³/mol.